The van der Waals surface area contributed by atoms with Crippen molar-refractivity contribution in [2.24, 2.45) is 5.41 Å². The third kappa shape index (κ3) is 5.98. The zero-order valence-corrected chi connectivity index (χ0v) is 10.2. The molecule has 82 valence electrons. The highest BCUT2D eigenvalue weighted by atomic mass is 16.3. The Balaban J connectivity index is 4.32. The Morgan fingerprint density at radius 2 is 1.36 bits per heavy atom. The third-order valence-corrected chi connectivity index (χ3v) is 2.39. The number of rotatable bonds is 5. The van der Waals surface area contributed by atoms with Crippen molar-refractivity contribution in [2.75, 3.05) is 6.61 Å². The second-order valence-electron chi connectivity index (χ2n) is 4.94. The van der Waals surface area contributed by atoms with Gasteiger partial charge in [0.1, 0.15) is 0 Å². The third-order valence-electron chi connectivity index (χ3n) is 2.39. The topological polar surface area (TPSA) is 20.2 Å². The highest BCUT2D eigenvalue weighted by Crippen LogP contribution is 2.27. The first-order chi connectivity index (χ1) is 6.39. The minimum atomic E-state index is 0.00847. The van der Waals surface area contributed by atoms with Crippen LogP contribution >= 0.6 is 0 Å². The molecule has 0 rings (SSSR count). The molecule has 0 radical (unpaired) electrons. The van der Waals surface area contributed by atoms with Crippen LogP contribution < -0.4 is 0 Å². The Bertz CT molecular complexity index is 195. The predicted octanol–water partition coefficient (Wildman–Crippen LogP) is 3.70. The van der Waals surface area contributed by atoms with Crippen LogP contribution in [0.5, 0.6) is 0 Å². The standard InChI is InChI=1S/C13H24O/c1-11(2)6-8-13(5,10-14)9-7-12(3)4/h6-7,14H,8-10H2,1-5H3. The van der Waals surface area contributed by atoms with E-state index in [9.17, 15) is 5.11 Å². The summed E-state index contributed by atoms with van der Waals surface area (Å²) >= 11 is 0. The zero-order chi connectivity index (χ0) is 11.2. The monoisotopic (exact) mass is 196 g/mol. The molecule has 0 unspecified atom stereocenters. The quantitative estimate of drug-likeness (QED) is 0.665. The molecule has 14 heavy (non-hydrogen) atoms. The highest BCUT2D eigenvalue weighted by molar-refractivity contribution is 5.01. The van der Waals surface area contributed by atoms with Crippen molar-refractivity contribution >= 4 is 0 Å². The molecule has 0 bridgehead atoms. The molecule has 0 aliphatic rings. The maximum atomic E-state index is 9.35. The summed E-state index contributed by atoms with van der Waals surface area (Å²) in [6.07, 6.45) is 6.31. The summed E-state index contributed by atoms with van der Waals surface area (Å²) in [4.78, 5) is 0. The normalized spacial score (nSPS) is 11.0. The Morgan fingerprint density at radius 3 is 1.57 bits per heavy atom. The van der Waals surface area contributed by atoms with Gasteiger partial charge in [-0.1, -0.05) is 30.2 Å². The van der Waals surface area contributed by atoms with E-state index in [0.717, 1.165) is 12.8 Å². The van der Waals surface area contributed by atoms with Gasteiger partial charge in [-0.15, -0.1) is 0 Å². The SMILES string of the molecule is CC(C)=CCC(C)(CO)CC=C(C)C. The lowest BCUT2D eigenvalue weighted by atomic mass is 9.83. The van der Waals surface area contributed by atoms with E-state index >= 15 is 0 Å². The second kappa shape index (κ2) is 6.02. The van der Waals surface area contributed by atoms with E-state index in [1.165, 1.54) is 11.1 Å². The lowest BCUT2D eigenvalue weighted by Gasteiger charge is -2.24. The van der Waals surface area contributed by atoms with Gasteiger partial charge >= 0.3 is 0 Å². The minimum absolute atomic E-state index is 0.00847. The fourth-order valence-electron chi connectivity index (χ4n) is 1.11. The first kappa shape index (κ1) is 13.4. The van der Waals surface area contributed by atoms with Crippen molar-refractivity contribution in [1.29, 1.82) is 0 Å². The number of hydrogen-bond acceptors (Lipinski definition) is 1. The summed E-state index contributed by atoms with van der Waals surface area (Å²) in [7, 11) is 0. The molecule has 1 nitrogen and oxygen atoms in total. The molecule has 0 saturated heterocycles. The largest absolute Gasteiger partial charge is 0.396 e. The number of aliphatic hydroxyl groups is 1. The summed E-state index contributed by atoms with van der Waals surface area (Å²) in [5.41, 5.74) is 2.65. The van der Waals surface area contributed by atoms with Crippen LogP contribution in [0, 0.1) is 5.41 Å². The Kier molecular flexibility index (Phi) is 5.78. The lowest BCUT2D eigenvalue weighted by molar-refractivity contribution is 0.147. The van der Waals surface area contributed by atoms with Crippen LogP contribution in [0.2, 0.25) is 0 Å². The van der Waals surface area contributed by atoms with Crippen LogP contribution in [-0.4, -0.2) is 11.7 Å². The first-order valence-corrected chi connectivity index (χ1v) is 5.27. The molecule has 1 heteroatoms. The zero-order valence-electron chi connectivity index (χ0n) is 10.2. The van der Waals surface area contributed by atoms with Gasteiger partial charge in [0.2, 0.25) is 0 Å². The molecule has 0 aliphatic carbocycles. The average Bonchev–Trinajstić information content (AvgIpc) is 2.11. The van der Waals surface area contributed by atoms with Crippen LogP contribution in [0.15, 0.2) is 23.3 Å². The Hall–Kier alpha value is -0.560. The van der Waals surface area contributed by atoms with Crippen molar-refractivity contribution in [3.63, 3.8) is 0 Å². The molecule has 0 saturated carbocycles. The molecule has 0 amide bonds. The van der Waals surface area contributed by atoms with E-state index in [1.807, 2.05) is 0 Å². The molecule has 1 N–H and O–H groups in total. The molecule has 0 aliphatic heterocycles. The number of hydrogen-bond donors (Lipinski definition) is 1. The van der Waals surface area contributed by atoms with Gasteiger partial charge in [-0.3, -0.25) is 0 Å². The first-order valence-electron chi connectivity index (χ1n) is 5.27. The fraction of sp³-hybridized carbons (Fsp3) is 0.692. The molecule has 0 aromatic carbocycles. The van der Waals surface area contributed by atoms with E-state index in [1.54, 1.807) is 0 Å². The summed E-state index contributed by atoms with van der Waals surface area (Å²) in [5.74, 6) is 0. The lowest BCUT2D eigenvalue weighted by Crippen LogP contribution is -2.19. The molecule has 0 heterocycles. The smallest absolute Gasteiger partial charge is 0.0490 e. The maximum Gasteiger partial charge on any atom is 0.0490 e. The Labute approximate surface area is 88.5 Å². The van der Waals surface area contributed by atoms with E-state index in [4.69, 9.17) is 0 Å². The van der Waals surface area contributed by atoms with Crippen molar-refractivity contribution in [2.45, 2.75) is 47.5 Å². The van der Waals surface area contributed by atoms with Crippen LogP contribution in [0.4, 0.5) is 0 Å². The fourth-order valence-corrected chi connectivity index (χ4v) is 1.11. The van der Waals surface area contributed by atoms with Gasteiger partial charge in [-0.25, -0.2) is 0 Å². The van der Waals surface area contributed by atoms with Gasteiger partial charge in [0.05, 0.1) is 0 Å². The van der Waals surface area contributed by atoms with Crippen LogP contribution in [-0.2, 0) is 0 Å². The van der Waals surface area contributed by atoms with E-state index in [2.05, 4.69) is 46.8 Å². The van der Waals surface area contributed by atoms with Crippen molar-refractivity contribution < 1.29 is 5.11 Å². The van der Waals surface area contributed by atoms with Gasteiger partial charge < -0.3 is 5.11 Å². The summed E-state index contributed by atoms with van der Waals surface area (Å²) in [6, 6.07) is 0. The van der Waals surface area contributed by atoms with Gasteiger partial charge in [0.25, 0.3) is 0 Å². The molecular weight excluding hydrogens is 172 g/mol. The van der Waals surface area contributed by atoms with Crippen molar-refractivity contribution in [3.8, 4) is 0 Å². The van der Waals surface area contributed by atoms with Crippen molar-refractivity contribution in [3.05, 3.63) is 23.3 Å². The molecular formula is C13H24O. The maximum absolute atomic E-state index is 9.35. The van der Waals surface area contributed by atoms with E-state index in [0.29, 0.717) is 0 Å². The molecule has 0 atom stereocenters. The summed E-state index contributed by atoms with van der Waals surface area (Å²) in [5, 5.41) is 9.35. The van der Waals surface area contributed by atoms with E-state index in [-0.39, 0.29) is 12.0 Å². The molecule has 0 fully saturated rings. The number of allylic oxidation sites excluding steroid dienone is 4. The van der Waals surface area contributed by atoms with Gasteiger partial charge in [0, 0.05) is 6.61 Å². The minimum Gasteiger partial charge on any atom is -0.396 e. The van der Waals surface area contributed by atoms with Crippen LogP contribution in [0.3, 0.4) is 0 Å². The van der Waals surface area contributed by atoms with Gasteiger partial charge in [-0.05, 0) is 46.0 Å². The van der Waals surface area contributed by atoms with Gasteiger partial charge in [0.15, 0.2) is 0 Å². The average molecular weight is 196 g/mol. The van der Waals surface area contributed by atoms with Crippen LogP contribution in [0.1, 0.15) is 47.5 Å². The molecule has 0 aromatic heterocycles. The Morgan fingerprint density at radius 1 is 1.00 bits per heavy atom. The highest BCUT2D eigenvalue weighted by Gasteiger charge is 2.20. The molecule has 0 spiro atoms. The summed E-state index contributed by atoms with van der Waals surface area (Å²) in [6.45, 7) is 10.8. The van der Waals surface area contributed by atoms with Gasteiger partial charge in [-0.2, -0.15) is 0 Å². The van der Waals surface area contributed by atoms with Crippen molar-refractivity contribution in [1.82, 2.24) is 0 Å². The van der Waals surface area contributed by atoms with E-state index < -0.39 is 0 Å². The van der Waals surface area contributed by atoms with Crippen LogP contribution in [0.25, 0.3) is 0 Å². The number of aliphatic hydroxyl groups excluding tert-OH is 1. The molecule has 0 aromatic rings. The summed E-state index contributed by atoms with van der Waals surface area (Å²) < 4.78 is 0. The second-order valence-corrected chi connectivity index (χ2v) is 4.94. The predicted molar refractivity (Wildman–Crippen MR) is 63.3 cm³/mol.